The fourth-order valence-corrected chi connectivity index (χ4v) is 3.47. The molecule has 0 aliphatic rings. The number of imidazole rings is 1. The van der Waals surface area contributed by atoms with Crippen molar-refractivity contribution < 1.29 is 4.79 Å². The number of nitrogens with zero attached hydrogens (tertiary/aromatic N) is 4. The molecule has 0 bridgehead atoms. The fraction of sp³-hybridized carbons (Fsp3) is 0.211. The van der Waals surface area contributed by atoms with Crippen LogP contribution in [0.15, 0.2) is 59.8 Å². The SMILES string of the molecule is CN(CCC#N)C(=O)CSc1nc2ccccc2n1-c1ccccc1. The zero-order valence-electron chi connectivity index (χ0n) is 13.9. The van der Waals surface area contributed by atoms with Gasteiger partial charge in [0.1, 0.15) is 0 Å². The number of fused-ring (bicyclic) bond motifs is 1. The maximum absolute atomic E-state index is 12.2. The number of rotatable bonds is 6. The summed E-state index contributed by atoms with van der Waals surface area (Å²) in [6.45, 7) is 0.449. The molecule has 0 saturated heterocycles. The minimum atomic E-state index is -0.00748. The van der Waals surface area contributed by atoms with Crippen molar-refractivity contribution in [3.63, 3.8) is 0 Å². The molecule has 2 aromatic carbocycles. The van der Waals surface area contributed by atoms with Crippen LogP contribution in [0.25, 0.3) is 16.7 Å². The molecule has 25 heavy (non-hydrogen) atoms. The highest BCUT2D eigenvalue weighted by atomic mass is 32.2. The maximum atomic E-state index is 12.2. The van der Waals surface area contributed by atoms with Gasteiger partial charge in [-0.3, -0.25) is 9.36 Å². The Kier molecular flexibility index (Phi) is 5.36. The van der Waals surface area contributed by atoms with Gasteiger partial charge in [0.05, 0.1) is 29.3 Å². The third-order valence-electron chi connectivity index (χ3n) is 3.85. The molecular formula is C19H18N4OS. The summed E-state index contributed by atoms with van der Waals surface area (Å²) in [4.78, 5) is 18.5. The molecule has 1 aromatic heterocycles. The number of carbonyl (C=O) groups is 1. The van der Waals surface area contributed by atoms with E-state index in [-0.39, 0.29) is 11.7 Å². The number of thioether (sulfide) groups is 1. The van der Waals surface area contributed by atoms with E-state index in [1.165, 1.54) is 11.8 Å². The molecule has 0 atom stereocenters. The van der Waals surface area contributed by atoms with Crippen molar-refractivity contribution in [3.8, 4) is 11.8 Å². The van der Waals surface area contributed by atoms with Crippen molar-refractivity contribution >= 4 is 28.7 Å². The predicted molar refractivity (Wildman–Crippen MR) is 99.7 cm³/mol. The highest BCUT2D eigenvalue weighted by Gasteiger charge is 2.15. The lowest BCUT2D eigenvalue weighted by atomic mass is 10.3. The van der Waals surface area contributed by atoms with Gasteiger partial charge in [0.15, 0.2) is 5.16 Å². The van der Waals surface area contributed by atoms with Crippen LogP contribution in [0.5, 0.6) is 0 Å². The number of nitriles is 1. The molecule has 0 unspecified atom stereocenters. The molecule has 1 heterocycles. The third kappa shape index (κ3) is 3.83. The van der Waals surface area contributed by atoms with E-state index in [4.69, 9.17) is 5.26 Å². The second kappa shape index (κ2) is 7.86. The average Bonchev–Trinajstić information content (AvgIpc) is 3.03. The maximum Gasteiger partial charge on any atom is 0.232 e. The summed E-state index contributed by atoms with van der Waals surface area (Å²) in [5.74, 6) is 0.282. The van der Waals surface area contributed by atoms with Gasteiger partial charge in [0.2, 0.25) is 5.91 Å². The van der Waals surface area contributed by atoms with Gasteiger partial charge in [-0.25, -0.2) is 4.98 Å². The molecule has 0 aliphatic heterocycles. The second-order valence-corrected chi connectivity index (χ2v) is 6.51. The van der Waals surface area contributed by atoms with E-state index in [0.717, 1.165) is 21.9 Å². The van der Waals surface area contributed by atoms with Gasteiger partial charge in [-0.05, 0) is 24.3 Å². The van der Waals surface area contributed by atoms with Crippen LogP contribution < -0.4 is 0 Å². The Bertz CT molecular complexity index is 914. The van der Waals surface area contributed by atoms with E-state index >= 15 is 0 Å². The lowest BCUT2D eigenvalue weighted by Gasteiger charge is -2.15. The number of para-hydroxylation sites is 3. The minimum absolute atomic E-state index is 0.00748. The smallest absolute Gasteiger partial charge is 0.232 e. The minimum Gasteiger partial charge on any atom is -0.344 e. The summed E-state index contributed by atoms with van der Waals surface area (Å²) in [5.41, 5.74) is 2.93. The van der Waals surface area contributed by atoms with E-state index in [1.807, 2.05) is 54.6 Å². The molecule has 126 valence electrons. The Hall–Kier alpha value is -2.78. The lowest BCUT2D eigenvalue weighted by Crippen LogP contribution is -2.29. The summed E-state index contributed by atoms with van der Waals surface area (Å²) < 4.78 is 2.07. The van der Waals surface area contributed by atoms with Crippen LogP contribution in [0.2, 0.25) is 0 Å². The molecule has 6 heteroatoms. The quantitative estimate of drug-likeness (QED) is 0.639. The van der Waals surface area contributed by atoms with Gasteiger partial charge >= 0.3 is 0 Å². The molecule has 0 N–H and O–H groups in total. The van der Waals surface area contributed by atoms with Gasteiger partial charge in [-0.15, -0.1) is 0 Å². The molecule has 3 rings (SSSR count). The van der Waals surface area contributed by atoms with E-state index in [2.05, 4.69) is 15.6 Å². The van der Waals surface area contributed by atoms with Gasteiger partial charge in [-0.1, -0.05) is 42.1 Å². The number of hydrogen-bond acceptors (Lipinski definition) is 4. The topological polar surface area (TPSA) is 61.9 Å². The molecule has 0 fully saturated rings. The summed E-state index contributed by atoms with van der Waals surface area (Å²) in [5, 5.41) is 9.43. The third-order valence-corrected chi connectivity index (χ3v) is 4.78. The molecule has 0 saturated carbocycles. The van der Waals surface area contributed by atoms with Crippen LogP contribution in [0.3, 0.4) is 0 Å². The van der Waals surface area contributed by atoms with Gasteiger partial charge in [0, 0.05) is 19.3 Å². The second-order valence-electron chi connectivity index (χ2n) is 5.57. The molecule has 5 nitrogen and oxygen atoms in total. The first-order valence-electron chi connectivity index (χ1n) is 7.97. The van der Waals surface area contributed by atoms with Crippen molar-refractivity contribution in [1.82, 2.24) is 14.5 Å². The molecular weight excluding hydrogens is 332 g/mol. The Morgan fingerprint density at radius 1 is 1.20 bits per heavy atom. The molecule has 3 aromatic rings. The number of amides is 1. The van der Waals surface area contributed by atoms with Crippen LogP contribution in [-0.2, 0) is 4.79 Å². The number of carbonyl (C=O) groups excluding carboxylic acids is 1. The van der Waals surface area contributed by atoms with Crippen molar-refractivity contribution in [2.45, 2.75) is 11.6 Å². The normalized spacial score (nSPS) is 10.6. The first-order valence-corrected chi connectivity index (χ1v) is 8.96. The highest BCUT2D eigenvalue weighted by Crippen LogP contribution is 2.28. The Morgan fingerprint density at radius 3 is 2.68 bits per heavy atom. The highest BCUT2D eigenvalue weighted by molar-refractivity contribution is 7.99. The zero-order valence-corrected chi connectivity index (χ0v) is 14.7. The first kappa shape index (κ1) is 17.1. The number of hydrogen-bond donors (Lipinski definition) is 0. The first-order chi connectivity index (χ1) is 12.2. The zero-order chi connectivity index (χ0) is 17.6. The molecule has 0 spiro atoms. The predicted octanol–water partition coefficient (Wildman–Crippen LogP) is 3.49. The lowest BCUT2D eigenvalue weighted by molar-refractivity contribution is -0.127. The Morgan fingerprint density at radius 2 is 1.92 bits per heavy atom. The summed E-state index contributed by atoms with van der Waals surface area (Å²) >= 11 is 1.42. The Balaban J connectivity index is 1.87. The van der Waals surface area contributed by atoms with Crippen molar-refractivity contribution in [2.75, 3.05) is 19.3 Å². The van der Waals surface area contributed by atoms with E-state index in [9.17, 15) is 4.79 Å². The standard InChI is InChI=1S/C19H18N4OS/c1-22(13-7-12-20)18(24)14-25-19-21-16-10-5-6-11-17(16)23(19)15-8-3-2-4-9-15/h2-6,8-11H,7,13-14H2,1H3. The number of benzene rings is 2. The van der Waals surface area contributed by atoms with Crippen LogP contribution in [-0.4, -0.2) is 39.7 Å². The van der Waals surface area contributed by atoms with Gasteiger partial charge in [-0.2, -0.15) is 5.26 Å². The fourth-order valence-electron chi connectivity index (χ4n) is 2.51. The summed E-state index contributed by atoms with van der Waals surface area (Å²) in [6.07, 6.45) is 0.343. The van der Waals surface area contributed by atoms with Crippen LogP contribution in [0.4, 0.5) is 0 Å². The van der Waals surface area contributed by atoms with E-state index < -0.39 is 0 Å². The molecule has 0 aliphatic carbocycles. The summed E-state index contributed by atoms with van der Waals surface area (Å²) in [7, 11) is 1.72. The van der Waals surface area contributed by atoms with Gasteiger partial charge in [0.25, 0.3) is 0 Å². The van der Waals surface area contributed by atoms with E-state index in [0.29, 0.717) is 13.0 Å². The summed E-state index contributed by atoms with van der Waals surface area (Å²) in [6, 6.07) is 20.0. The van der Waals surface area contributed by atoms with Crippen molar-refractivity contribution in [3.05, 3.63) is 54.6 Å². The molecule has 1 amide bonds. The number of aromatic nitrogens is 2. The van der Waals surface area contributed by atoms with Crippen LogP contribution in [0, 0.1) is 11.3 Å². The van der Waals surface area contributed by atoms with Crippen LogP contribution >= 0.6 is 11.8 Å². The van der Waals surface area contributed by atoms with Crippen LogP contribution in [0.1, 0.15) is 6.42 Å². The monoisotopic (exact) mass is 350 g/mol. The van der Waals surface area contributed by atoms with E-state index in [1.54, 1.807) is 11.9 Å². The van der Waals surface area contributed by atoms with Crippen molar-refractivity contribution in [2.24, 2.45) is 0 Å². The van der Waals surface area contributed by atoms with Gasteiger partial charge < -0.3 is 4.90 Å². The Labute approximate surface area is 150 Å². The average molecular weight is 350 g/mol. The largest absolute Gasteiger partial charge is 0.344 e. The van der Waals surface area contributed by atoms with Crippen molar-refractivity contribution in [1.29, 1.82) is 5.26 Å². The molecule has 0 radical (unpaired) electrons.